The predicted molar refractivity (Wildman–Crippen MR) is 132 cm³/mol. The summed E-state index contributed by atoms with van der Waals surface area (Å²) in [5.41, 5.74) is 4.13. The number of carbonyl (C=O) groups is 1. The zero-order chi connectivity index (χ0) is 23.8. The highest BCUT2D eigenvalue weighted by molar-refractivity contribution is 6.31. The Morgan fingerprint density at radius 2 is 1.85 bits per heavy atom. The highest BCUT2D eigenvalue weighted by Gasteiger charge is 2.13. The van der Waals surface area contributed by atoms with Crippen molar-refractivity contribution < 1.29 is 14.3 Å². The highest BCUT2D eigenvalue weighted by Crippen LogP contribution is 2.30. The van der Waals surface area contributed by atoms with Crippen molar-refractivity contribution >= 4 is 29.3 Å². The molecule has 0 bridgehead atoms. The first kappa shape index (κ1) is 23.9. The van der Waals surface area contributed by atoms with E-state index in [1.54, 1.807) is 43.3 Å². The molecular weight excluding hydrogens is 436 g/mol. The van der Waals surface area contributed by atoms with E-state index in [0.717, 1.165) is 16.7 Å². The van der Waals surface area contributed by atoms with Gasteiger partial charge in [0, 0.05) is 10.7 Å². The Hall–Kier alpha value is -3.75. The van der Waals surface area contributed by atoms with Crippen LogP contribution in [-0.4, -0.2) is 12.5 Å². The number of nitrogens with zero attached hydrogens (tertiary/aromatic N) is 1. The Morgan fingerprint density at radius 3 is 2.58 bits per heavy atom. The van der Waals surface area contributed by atoms with Crippen LogP contribution in [0.15, 0.2) is 66.2 Å². The topological polar surface area (TPSA) is 71.3 Å². The number of hydrogen-bond acceptors (Lipinski definition) is 4. The Bertz CT molecular complexity index is 1230. The van der Waals surface area contributed by atoms with E-state index in [4.69, 9.17) is 21.1 Å². The molecule has 0 fully saturated rings. The van der Waals surface area contributed by atoms with Crippen molar-refractivity contribution in [3.05, 3.63) is 93.5 Å². The molecule has 0 saturated heterocycles. The third-order valence-corrected chi connectivity index (χ3v) is 5.35. The molecule has 0 aliphatic rings. The lowest BCUT2D eigenvalue weighted by atomic mass is 10.1. The maximum absolute atomic E-state index is 12.7. The minimum absolute atomic E-state index is 0.0368. The van der Waals surface area contributed by atoms with E-state index in [9.17, 15) is 10.1 Å². The maximum Gasteiger partial charge on any atom is 0.266 e. The average molecular weight is 461 g/mol. The fraction of sp³-hybridized carbons (Fsp3) is 0.185. The molecule has 0 radical (unpaired) electrons. The van der Waals surface area contributed by atoms with Crippen LogP contribution in [0.5, 0.6) is 11.5 Å². The molecule has 0 aromatic heterocycles. The number of rotatable bonds is 8. The number of anilines is 1. The van der Waals surface area contributed by atoms with Crippen molar-refractivity contribution in [1.82, 2.24) is 0 Å². The minimum atomic E-state index is -0.513. The SMILES string of the molecule is CCOc1cc(/C=C(\C#N)C(=O)Nc2cccc(Cl)c2C)ccc1OCc1cccc(C)c1. The van der Waals surface area contributed by atoms with Gasteiger partial charge in [0.25, 0.3) is 5.91 Å². The normalized spacial score (nSPS) is 10.9. The van der Waals surface area contributed by atoms with E-state index in [1.807, 2.05) is 38.1 Å². The molecule has 0 atom stereocenters. The molecule has 0 saturated carbocycles. The predicted octanol–water partition coefficient (Wildman–Crippen LogP) is 6.48. The van der Waals surface area contributed by atoms with Crippen LogP contribution in [-0.2, 0) is 11.4 Å². The Kier molecular flexibility index (Phi) is 8.12. The smallest absolute Gasteiger partial charge is 0.266 e. The minimum Gasteiger partial charge on any atom is -0.490 e. The first-order valence-corrected chi connectivity index (χ1v) is 10.9. The number of nitrogens with one attached hydrogen (secondary N) is 1. The van der Waals surface area contributed by atoms with Gasteiger partial charge in [0.2, 0.25) is 0 Å². The molecule has 3 rings (SSSR count). The number of hydrogen-bond donors (Lipinski definition) is 1. The molecule has 3 aromatic carbocycles. The second-order valence-corrected chi connectivity index (χ2v) is 7.86. The number of halogens is 1. The largest absolute Gasteiger partial charge is 0.490 e. The van der Waals surface area contributed by atoms with Crippen LogP contribution >= 0.6 is 11.6 Å². The molecule has 5 nitrogen and oxygen atoms in total. The van der Waals surface area contributed by atoms with Gasteiger partial charge in [0.1, 0.15) is 18.2 Å². The number of ether oxygens (including phenoxy) is 2. The summed E-state index contributed by atoms with van der Waals surface area (Å²) < 4.78 is 11.7. The van der Waals surface area contributed by atoms with Gasteiger partial charge in [-0.1, -0.05) is 53.6 Å². The van der Waals surface area contributed by atoms with Gasteiger partial charge < -0.3 is 14.8 Å². The van der Waals surface area contributed by atoms with Gasteiger partial charge in [-0.2, -0.15) is 5.26 Å². The first-order valence-electron chi connectivity index (χ1n) is 10.5. The van der Waals surface area contributed by atoms with Crippen LogP contribution in [0.25, 0.3) is 6.08 Å². The van der Waals surface area contributed by atoms with Gasteiger partial charge in [-0.05, 0) is 67.8 Å². The van der Waals surface area contributed by atoms with Crippen molar-refractivity contribution in [2.75, 3.05) is 11.9 Å². The number of benzene rings is 3. The number of amides is 1. The van der Waals surface area contributed by atoms with Crippen LogP contribution in [0.3, 0.4) is 0 Å². The van der Waals surface area contributed by atoms with Crippen LogP contribution in [0.1, 0.15) is 29.2 Å². The molecule has 1 amide bonds. The van der Waals surface area contributed by atoms with Crippen LogP contribution < -0.4 is 14.8 Å². The van der Waals surface area contributed by atoms with Crippen LogP contribution in [0, 0.1) is 25.2 Å². The maximum atomic E-state index is 12.7. The fourth-order valence-electron chi connectivity index (χ4n) is 3.21. The van der Waals surface area contributed by atoms with Gasteiger partial charge in [-0.25, -0.2) is 0 Å². The van der Waals surface area contributed by atoms with E-state index in [0.29, 0.717) is 41.0 Å². The molecular formula is C27H25ClN2O3. The van der Waals surface area contributed by atoms with Gasteiger partial charge in [-0.3, -0.25) is 4.79 Å². The number of nitriles is 1. The van der Waals surface area contributed by atoms with E-state index < -0.39 is 5.91 Å². The number of aryl methyl sites for hydroxylation is 1. The van der Waals surface area contributed by atoms with Crippen molar-refractivity contribution in [3.63, 3.8) is 0 Å². The molecule has 33 heavy (non-hydrogen) atoms. The number of carbonyl (C=O) groups excluding carboxylic acids is 1. The standard InChI is InChI=1S/C27H25ClN2O3/c1-4-32-26-15-20(11-12-25(26)33-17-21-8-5-7-18(2)13-21)14-22(16-29)27(31)30-24-10-6-9-23(28)19(24)3/h5-15H,4,17H2,1-3H3,(H,30,31)/b22-14+. The molecule has 0 spiro atoms. The molecule has 0 aliphatic heterocycles. The van der Waals surface area contributed by atoms with Gasteiger partial charge in [0.15, 0.2) is 11.5 Å². The average Bonchev–Trinajstić information content (AvgIpc) is 2.80. The quantitative estimate of drug-likeness (QED) is 0.308. The van der Waals surface area contributed by atoms with Crippen LogP contribution in [0.2, 0.25) is 5.02 Å². The second kappa shape index (κ2) is 11.2. The Balaban J connectivity index is 1.80. The summed E-state index contributed by atoms with van der Waals surface area (Å²) >= 11 is 6.12. The lowest BCUT2D eigenvalue weighted by molar-refractivity contribution is -0.112. The van der Waals surface area contributed by atoms with E-state index in [-0.39, 0.29) is 5.57 Å². The molecule has 3 aromatic rings. The molecule has 0 aliphatic carbocycles. The van der Waals surface area contributed by atoms with E-state index in [2.05, 4.69) is 11.4 Å². The summed E-state index contributed by atoms with van der Waals surface area (Å²) in [5.74, 6) is 0.621. The summed E-state index contributed by atoms with van der Waals surface area (Å²) in [4.78, 5) is 12.7. The summed E-state index contributed by atoms with van der Waals surface area (Å²) in [6, 6.07) is 20.6. The third-order valence-electron chi connectivity index (χ3n) is 4.94. The first-order chi connectivity index (χ1) is 15.9. The van der Waals surface area contributed by atoms with Crippen LogP contribution in [0.4, 0.5) is 5.69 Å². The summed E-state index contributed by atoms with van der Waals surface area (Å²) in [6.45, 7) is 6.58. The monoisotopic (exact) mass is 460 g/mol. The third kappa shape index (κ3) is 6.38. The van der Waals surface area contributed by atoms with Gasteiger partial charge in [-0.15, -0.1) is 0 Å². The highest BCUT2D eigenvalue weighted by atomic mass is 35.5. The van der Waals surface area contributed by atoms with Crippen molar-refractivity contribution in [2.45, 2.75) is 27.4 Å². The molecule has 1 N–H and O–H groups in total. The van der Waals surface area contributed by atoms with Crippen molar-refractivity contribution in [2.24, 2.45) is 0 Å². The Labute approximate surface area is 199 Å². The van der Waals surface area contributed by atoms with E-state index >= 15 is 0 Å². The summed E-state index contributed by atoms with van der Waals surface area (Å²) in [6.07, 6.45) is 1.52. The summed E-state index contributed by atoms with van der Waals surface area (Å²) in [5, 5.41) is 12.8. The van der Waals surface area contributed by atoms with E-state index in [1.165, 1.54) is 6.08 Å². The van der Waals surface area contributed by atoms with Crippen molar-refractivity contribution in [1.29, 1.82) is 5.26 Å². The Morgan fingerprint density at radius 1 is 1.06 bits per heavy atom. The molecule has 0 unspecified atom stereocenters. The van der Waals surface area contributed by atoms with Crippen molar-refractivity contribution in [3.8, 4) is 17.6 Å². The van der Waals surface area contributed by atoms with Gasteiger partial charge >= 0.3 is 0 Å². The van der Waals surface area contributed by atoms with Gasteiger partial charge in [0.05, 0.1) is 6.61 Å². The lowest BCUT2D eigenvalue weighted by Gasteiger charge is -2.13. The molecule has 0 heterocycles. The summed E-state index contributed by atoms with van der Waals surface area (Å²) in [7, 11) is 0. The lowest BCUT2D eigenvalue weighted by Crippen LogP contribution is -2.14. The second-order valence-electron chi connectivity index (χ2n) is 7.45. The zero-order valence-electron chi connectivity index (χ0n) is 18.8. The molecule has 6 heteroatoms. The zero-order valence-corrected chi connectivity index (χ0v) is 19.6. The fourth-order valence-corrected chi connectivity index (χ4v) is 3.39. The molecule has 168 valence electrons.